The number of rotatable bonds is 3. The van der Waals surface area contributed by atoms with Gasteiger partial charge in [0.05, 0.1) is 10.6 Å². The molecular weight excluding hydrogens is 259 g/mol. The first-order valence-electron chi connectivity index (χ1n) is 4.97. The highest BCUT2D eigenvalue weighted by Crippen LogP contribution is 2.33. The summed E-state index contributed by atoms with van der Waals surface area (Å²) in [5.41, 5.74) is 0.278. The Kier molecular flexibility index (Phi) is 3.90. The molecule has 0 aliphatic rings. The van der Waals surface area contributed by atoms with Crippen LogP contribution in [0.15, 0.2) is 22.7 Å². The Hall–Kier alpha value is -0.410. The van der Waals surface area contributed by atoms with Gasteiger partial charge in [-0.3, -0.25) is 0 Å². The number of aliphatic hydroxyl groups is 1. The Balaban J connectivity index is 3.09. The largest absolute Gasteiger partial charge is 0.393 e. The highest BCUT2D eigenvalue weighted by molar-refractivity contribution is 9.10. The Morgan fingerprint density at radius 3 is 2.60 bits per heavy atom. The van der Waals surface area contributed by atoms with Crippen LogP contribution in [-0.4, -0.2) is 11.2 Å². The molecule has 0 aliphatic carbocycles. The van der Waals surface area contributed by atoms with E-state index in [9.17, 15) is 9.50 Å². The van der Waals surface area contributed by atoms with Gasteiger partial charge in [-0.1, -0.05) is 26.0 Å². The van der Waals surface area contributed by atoms with Crippen LogP contribution in [0.2, 0.25) is 0 Å². The second-order valence-corrected chi connectivity index (χ2v) is 5.39. The van der Waals surface area contributed by atoms with Gasteiger partial charge in [0.15, 0.2) is 0 Å². The number of halogens is 2. The monoisotopic (exact) mass is 274 g/mol. The van der Waals surface area contributed by atoms with Crippen LogP contribution in [0.4, 0.5) is 4.39 Å². The molecule has 0 bridgehead atoms. The molecule has 0 aliphatic heterocycles. The van der Waals surface area contributed by atoms with Crippen LogP contribution in [0.1, 0.15) is 32.8 Å². The molecule has 15 heavy (non-hydrogen) atoms. The summed E-state index contributed by atoms with van der Waals surface area (Å²) in [6.07, 6.45) is 0.110. The highest BCUT2D eigenvalue weighted by Gasteiger charge is 2.26. The topological polar surface area (TPSA) is 20.2 Å². The van der Waals surface area contributed by atoms with Crippen molar-refractivity contribution in [1.29, 1.82) is 0 Å². The summed E-state index contributed by atoms with van der Waals surface area (Å²) in [5.74, 6) is -0.233. The molecule has 0 fully saturated rings. The second kappa shape index (κ2) is 4.62. The average Bonchev–Trinajstić information content (AvgIpc) is 2.07. The maximum atomic E-state index is 13.8. The van der Waals surface area contributed by atoms with Gasteiger partial charge in [-0.15, -0.1) is 0 Å². The van der Waals surface area contributed by atoms with Crippen molar-refractivity contribution < 1.29 is 9.50 Å². The van der Waals surface area contributed by atoms with Crippen LogP contribution < -0.4 is 0 Å². The van der Waals surface area contributed by atoms with Crippen molar-refractivity contribution >= 4 is 15.9 Å². The average molecular weight is 275 g/mol. The number of hydrogen-bond donors (Lipinski definition) is 1. The van der Waals surface area contributed by atoms with Crippen LogP contribution in [0, 0.1) is 5.82 Å². The lowest BCUT2D eigenvalue weighted by Crippen LogP contribution is -2.24. The summed E-state index contributed by atoms with van der Waals surface area (Å²) in [6, 6.07) is 5.26. The normalized spacial score (nSPS) is 14.0. The fraction of sp³-hybridized carbons (Fsp3) is 0.500. The van der Waals surface area contributed by atoms with Crippen molar-refractivity contribution in [1.82, 2.24) is 0 Å². The first-order chi connectivity index (χ1) is 6.84. The van der Waals surface area contributed by atoms with Gasteiger partial charge in [0.25, 0.3) is 0 Å². The van der Waals surface area contributed by atoms with Gasteiger partial charge < -0.3 is 5.11 Å². The van der Waals surface area contributed by atoms with Gasteiger partial charge in [-0.25, -0.2) is 4.39 Å². The maximum Gasteiger partial charge on any atom is 0.141 e. The van der Waals surface area contributed by atoms with E-state index < -0.39 is 6.10 Å². The van der Waals surface area contributed by atoms with Gasteiger partial charge >= 0.3 is 0 Å². The zero-order valence-corrected chi connectivity index (χ0v) is 10.8. The molecule has 1 nitrogen and oxygen atoms in total. The maximum absolute atomic E-state index is 13.8. The van der Waals surface area contributed by atoms with Crippen LogP contribution in [0.3, 0.4) is 0 Å². The highest BCUT2D eigenvalue weighted by atomic mass is 79.9. The summed E-state index contributed by atoms with van der Waals surface area (Å²) in [4.78, 5) is 0. The van der Waals surface area contributed by atoms with E-state index in [-0.39, 0.29) is 11.2 Å². The van der Waals surface area contributed by atoms with Crippen molar-refractivity contribution in [3.63, 3.8) is 0 Å². The lowest BCUT2D eigenvalue weighted by Gasteiger charge is -2.27. The minimum absolute atomic E-state index is 0.233. The predicted octanol–water partition coefficient (Wildman–Crippen LogP) is 3.64. The number of benzene rings is 1. The van der Waals surface area contributed by atoms with Crippen molar-refractivity contribution in [3.8, 4) is 0 Å². The molecule has 1 atom stereocenters. The minimum Gasteiger partial charge on any atom is -0.393 e. The SMILES string of the molecule is CC(O)CC(C)(C)c1cccc(Br)c1F. The van der Waals surface area contributed by atoms with E-state index in [2.05, 4.69) is 15.9 Å². The summed E-state index contributed by atoms with van der Waals surface area (Å²) < 4.78 is 14.3. The zero-order chi connectivity index (χ0) is 11.6. The summed E-state index contributed by atoms with van der Waals surface area (Å²) in [7, 11) is 0. The molecule has 0 aromatic heterocycles. The smallest absolute Gasteiger partial charge is 0.141 e. The van der Waals surface area contributed by atoms with E-state index >= 15 is 0 Å². The number of hydrogen-bond acceptors (Lipinski definition) is 1. The molecular formula is C12H16BrFO. The third-order valence-corrected chi connectivity index (χ3v) is 3.10. The summed E-state index contributed by atoms with van der Waals surface area (Å²) in [6.45, 7) is 5.59. The predicted molar refractivity (Wildman–Crippen MR) is 63.4 cm³/mol. The molecule has 1 aromatic rings. The molecule has 0 saturated heterocycles. The molecule has 0 saturated carbocycles. The van der Waals surface area contributed by atoms with Crippen LogP contribution >= 0.6 is 15.9 Å². The van der Waals surface area contributed by atoms with E-state index in [4.69, 9.17) is 0 Å². The van der Waals surface area contributed by atoms with Crippen LogP contribution in [-0.2, 0) is 5.41 Å². The second-order valence-electron chi connectivity index (χ2n) is 4.54. The fourth-order valence-electron chi connectivity index (χ4n) is 1.87. The van der Waals surface area contributed by atoms with Crippen molar-refractivity contribution in [2.24, 2.45) is 0 Å². The van der Waals surface area contributed by atoms with E-state index in [1.165, 1.54) is 0 Å². The van der Waals surface area contributed by atoms with Gasteiger partial charge in [0, 0.05) is 0 Å². The van der Waals surface area contributed by atoms with E-state index in [0.29, 0.717) is 16.5 Å². The van der Waals surface area contributed by atoms with Gasteiger partial charge in [0.2, 0.25) is 0 Å². The molecule has 1 unspecified atom stereocenters. The standard InChI is InChI=1S/C12H16BrFO/c1-8(15)7-12(2,3)9-5-4-6-10(13)11(9)14/h4-6,8,15H,7H2,1-3H3. The fourth-order valence-corrected chi connectivity index (χ4v) is 2.24. The van der Waals surface area contributed by atoms with E-state index in [0.717, 1.165) is 0 Å². The third kappa shape index (κ3) is 3.02. The molecule has 1 rings (SSSR count). The van der Waals surface area contributed by atoms with Crippen LogP contribution in [0.25, 0.3) is 0 Å². The summed E-state index contributed by atoms with van der Waals surface area (Å²) >= 11 is 3.17. The van der Waals surface area contributed by atoms with Gasteiger partial charge in [-0.05, 0) is 46.3 Å². The zero-order valence-electron chi connectivity index (χ0n) is 9.22. The van der Waals surface area contributed by atoms with Crippen molar-refractivity contribution in [2.75, 3.05) is 0 Å². The first kappa shape index (κ1) is 12.7. The molecule has 1 N–H and O–H groups in total. The Bertz CT molecular complexity index is 347. The quantitative estimate of drug-likeness (QED) is 0.893. The van der Waals surface area contributed by atoms with Gasteiger partial charge in [-0.2, -0.15) is 0 Å². The first-order valence-corrected chi connectivity index (χ1v) is 5.76. The van der Waals surface area contributed by atoms with E-state index in [1.54, 1.807) is 19.1 Å². The lowest BCUT2D eigenvalue weighted by molar-refractivity contribution is 0.155. The summed E-state index contributed by atoms with van der Waals surface area (Å²) in [5, 5.41) is 9.38. The third-order valence-electron chi connectivity index (χ3n) is 2.49. The molecule has 1 aromatic carbocycles. The minimum atomic E-state index is -0.432. The Morgan fingerprint density at radius 1 is 1.47 bits per heavy atom. The molecule has 0 spiro atoms. The molecule has 0 radical (unpaired) electrons. The molecule has 3 heteroatoms. The van der Waals surface area contributed by atoms with Crippen LogP contribution in [0.5, 0.6) is 0 Å². The number of aliphatic hydroxyl groups excluding tert-OH is 1. The van der Waals surface area contributed by atoms with Gasteiger partial charge in [0.1, 0.15) is 5.82 Å². The molecule has 84 valence electrons. The molecule has 0 amide bonds. The van der Waals surface area contributed by atoms with Crippen molar-refractivity contribution in [2.45, 2.75) is 38.7 Å². The molecule has 0 heterocycles. The Morgan fingerprint density at radius 2 is 2.07 bits per heavy atom. The van der Waals surface area contributed by atoms with Crippen molar-refractivity contribution in [3.05, 3.63) is 34.1 Å². The van der Waals surface area contributed by atoms with E-state index in [1.807, 2.05) is 19.9 Å². The Labute approximate surface area is 98.4 Å². The lowest BCUT2D eigenvalue weighted by atomic mass is 9.80.